The van der Waals surface area contributed by atoms with Gasteiger partial charge in [0.1, 0.15) is 5.75 Å². The highest BCUT2D eigenvalue weighted by Gasteiger charge is 2.21. The molecular weight excluding hydrogens is 330 g/mol. The van der Waals surface area contributed by atoms with Crippen LogP contribution in [0.4, 0.5) is 5.69 Å². The van der Waals surface area contributed by atoms with Crippen LogP contribution in [0.25, 0.3) is 5.69 Å². The van der Waals surface area contributed by atoms with E-state index in [-0.39, 0.29) is 5.91 Å². The van der Waals surface area contributed by atoms with Crippen LogP contribution in [0.2, 0.25) is 0 Å². The Balaban J connectivity index is 1.43. The van der Waals surface area contributed by atoms with E-state index in [0.29, 0.717) is 17.7 Å². The largest absolute Gasteiger partial charge is 0.423 e. The number of benzene rings is 2. The smallest absolute Gasteiger partial charge is 0.343 e. The van der Waals surface area contributed by atoms with Crippen LogP contribution in [0, 0.1) is 0 Å². The molecule has 0 atom stereocenters. The molecule has 0 spiro atoms. The number of hydrogen-bond acceptors (Lipinski definition) is 4. The summed E-state index contributed by atoms with van der Waals surface area (Å²) in [5, 5.41) is 4.15. The fraction of sp³-hybridized carbons (Fsp3) is 0.150. The first kappa shape index (κ1) is 16.1. The van der Waals surface area contributed by atoms with Crippen molar-refractivity contribution in [1.82, 2.24) is 9.78 Å². The van der Waals surface area contributed by atoms with Crippen molar-refractivity contribution in [2.75, 3.05) is 11.4 Å². The molecule has 0 unspecified atom stereocenters. The topological polar surface area (TPSA) is 64.4 Å². The van der Waals surface area contributed by atoms with Crippen LogP contribution < -0.4 is 9.64 Å². The number of aromatic nitrogens is 2. The van der Waals surface area contributed by atoms with Crippen LogP contribution in [0.1, 0.15) is 23.2 Å². The summed E-state index contributed by atoms with van der Waals surface area (Å²) < 4.78 is 7.13. The maximum absolute atomic E-state index is 12.3. The summed E-state index contributed by atoms with van der Waals surface area (Å²) >= 11 is 0. The zero-order valence-electron chi connectivity index (χ0n) is 14.0. The Morgan fingerprint density at radius 2 is 1.73 bits per heavy atom. The van der Waals surface area contributed by atoms with E-state index < -0.39 is 5.97 Å². The third-order valence-corrected chi connectivity index (χ3v) is 4.30. The molecular formula is C20H17N3O3. The Labute approximate surface area is 150 Å². The minimum atomic E-state index is -0.429. The predicted octanol–water partition coefficient (Wildman–Crippen LogP) is 3.22. The molecule has 1 aliphatic rings. The second-order valence-corrected chi connectivity index (χ2v) is 6.03. The van der Waals surface area contributed by atoms with Crippen molar-refractivity contribution in [3.8, 4) is 11.4 Å². The van der Waals surface area contributed by atoms with Crippen LogP contribution in [0.3, 0.4) is 0 Å². The maximum atomic E-state index is 12.3. The van der Waals surface area contributed by atoms with E-state index in [1.54, 1.807) is 52.2 Å². The molecule has 6 nitrogen and oxygen atoms in total. The van der Waals surface area contributed by atoms with E-state index in [2.05, 4.69) is 5.10 Å². The van der Waals surface area contributed by atoms with Gasteiger partial charge >= 0.3 is 5.97 Å². The van der Waals surface area contributed by atoms with Gasteiger partial charge in [-0.15, -0.1) is 0 Å². The Bertz CT molecular complexity index is 916. The molecule has 130 valence electrons. The molecule has 0 N–H and O–H groups in total. The monoisotopic (exact) mass is 347 g/mol. The van der Waals surface area contributed by atoms with Gasteiger partial charge in [-0.25, -0.2) is 9.48 Å². The lowest BCUT2D eigenvalue weighted by atomic mass is 10.2. The Morgan fingerprint density at radius 3 is 2.35 bits per heavy atom. The molecule has 4 rings (SSSR count). The van der Waals surface area contributed by atoms with Gasteiger partial charge in [-0.05, 0) is 61.0 Å². The van der Waals surface area contributed by atoms with Gasteiger partial charge in [0.05, 0.1) is 11.3 Å². The third kappa shape index (κ3) is 3.21. The lowest BCUT2D eigenvalue weighted by Gasteiger charge is -2.15. The summed E-state index contributed by atoms with van der Waals surface area (Å²) in [5.41, 5.74) is 2.15. The van der Waals surface area contributed by atoms with Crippen LogP contribution in [-0.2, 0) is 4.79 Å². The van der Waals surface area contributed by atoms with E-state index in [9.17, 15) is 9.59 Å². The first-order chi connectivity index (χ1) is 12.7. The van der Waals surface area contributed by atoms with Crippen molar-refractivity contribution in [2.24, 2.45) is 0 Å². The highest BCUT2D eigenvalue weighted by atomic mass is 16.5. The Hall–Kier alpha value is -3.41. The molecule has 0 saturated carbocycles. The zero-order valence-corrected chi connectivity index (χ0v) is 14.0. The van der Waals surface area contributed by atoms with Gasteiger partial charge in [0.2, 0.25) is 5.91 Å². The van der Waals surface area contributed by atoms with Crippen molar-refractivity contribution in [1.29, 1.82) is 0 Å². The molecule has 1 saturated heterocycles. The molecule has 2 aromatic carbocycles. The highest BCUT2D eigenvalue weighted by molar-refractivity contribution is 5.95. The van der Waals surface area contributed by atoms with Crippen molar-refractivity contribution in [3.05, 3.63) is 72.6 Å². The summed E-state index contributed by atoms with van der Waals surface area (Å²) in [6, 6.07) is 15.9. The molecule has 1 aromatic heterocycles. The molecule has 6 heteroatoms. The zero-order chi connectivity index (χ0) is 17.9. The van der Waals surface area contributed by atoms with Gasteiger partial charge in [0.15, 0.2) is 0 Å². The van der Waals surface area contributed by atoms with Crippen LogP contribution in [0.15, 0.2) is 67.0 Å². The first-order valence-corrected chi connectivity index (χ1v) is 8.43. The Kier molecular flexibility index (Phi) is 4.23. The normalized spacial score (nSPS) is 13.8. The van der Waals surface area contributed by atoms with Gasteiger partial charge < -0.3 is 9.64 Å². The summed E-state index contributed by atoms with van der Waals surface area (Å²) in [6.45, 7) is 0.737. The molecule has 3 aromatic rings. The molecule has 0 aliphatic carbocycles. The van der Waals surface area contributed by atoms with E-state index >= 15 is 0 Å². The summed E-state index contributed by atoms with van der Waals surface area (Å²) in [6.07, 6.45) is 5.00. The van der Waals surface area contributed by atoms with Crippen molar-refractivity contribution >= 4 is 17.6 Å². The molecule has 1 amide bonds. The third-order valence-electron chi connectivity index (χ3n) is 4.30. The Morgan fingerprint density at radius 1 is 1.00 bits per heavy atom. The fourth-order valence-corrected chi connectivity index (χ4v) is 2.95. The molecule has 0 bridgehead atoms. The molecule has 1 fully saturated rings. The number of nitrogens with zero attached hydrogens (tertiary/aromatic N) is 3. The average Bonchev–Trinajstić information content (AvgIpc) is 3.34. The number of rotatable bonds is 4. The quantitative estimate of drug-likeness (QED) is 0.537. The van der Waals surface area contributed by atoms with Gasteiger partial charge in [-0.2, -0.15) is 5.10 Å². The average molecular weight is 347 g/mol. The lowest BCUT2D eigenvalue weighted by molar-refractivity contribution is -0.117. The van der Waals surface area contributed by atoms with E-state index in [1.807, 2.05) is 24.4 Å². The van der Waals surface area contributed by atoms with Crippen LogP contribution in [-0.4, -0.2) is 28.2 Å². The number of carbonyl (C=O) groups is 2. The molecule has 26 heavy (non-hydrogen) atoms. The standard InChI is InChI=1S/C20H17N3O3/c24-19-3-1-13-22(19)16-8-10-18(11-9-16)26-20(25)15-4-6-17(7-5-15)23-14-2-12-21-23/h2,4-12,14H,1,3,13H2. The maximum Gasteiger partial charge on any atom is 0.343 e. The summed E-state index contributed by atoms with van der Waals surface area (Å²) in [4.78, 5) is 25.8. The van der Waals surface area contributed by atoms with Crippen LogP contribution >= 0.6 is 0 Å². The van der Waals surface area contributed by atoms with Crippen molar-refractivity contribution < 1.29 is 14.3 Å². The SMILES string of the molecule is O=C(Oc1ccc(N2CCCC2=O)cc1)c1ccc(-n2cccn2)cc1. The van der Waals surface area contributed by atoms with E-state index in [4.69, 9.17) is 4.74 Å². The highest BCUT2D eigenvalue weighted by Crippen LogP contribution is 2.24. The second kappa shape index (κ2) is 6.84. The minimum Gasteiger partial charge on any atom is -0.423 e. The van der Waals surface area contributed by atoms with Crippen molar-refractivity contribution in [2.45, 2.75) is 12.8 Å². The number of carbonyl (C=O) groups excluding carboxylic acids is 2. The van der Waals surface area contributed by atoms with Gasteiger partial charge in [-0.1, -0.05) is 0 Å². The summed E-state index contributed by atoms with van der Waals surface area (Å²) in [5.74, 6) is 0.149. The van der Waals surface area contributed by atoms with Gasteiger partial charge in [0, 0.05) is 31.0 Å². The number of ether oxygens (including phenoxy) is 1. The lowest BCUT2D eigenvalue weighted by Crippen LogP contribution is -2.23. The van der Waals surface area contributed by atoms with Crippen LogP contribution in [0.5, 0.6) is 5.75 Å². The van der Waals surface area contributed by atoms with E-state index in [0.717, 1.165) is 24.3 Å². The molecule has 0 radical (unpaired) electrons. The number of anilines is 1. The van der Waals surface area contributed by atoms with Crippen molar-refractivity contribution in [3.63, 3.8) is 0 Å². The second-order valence-electron chi connectivity index (χ2n) is 6.03. The number of hydrogen-bond donors (Lipinski definition) is 0. The number of esters is 1. The van der Waals surface area contributed by atoms with Gasteiger partial charge in [0.25, 0.3) is 0 Å². The summed E-state index contributed by atoms with van der Waals surface area (Å²) in [7, 11) is 0. The van der Waals surface area contributed by atoms with Gasteiger partial charge in [-0.3, -0.25) is 4.79 Å². The predicted molar refractivity (Wildman–Crippen MR) is 96.6 cm³/mol. The molecule has 2 heterocycles. The molecule has 1 aliphatic heterocycles. The number of amides is 1. The first-order valence-electron chi connectivity index (χ1n) is 8.43. The van der Waals surface area contributed by atoms with E-state index in [1.165, 1.54) is 0 Å². The fourth-order valence-electron chi connectivity index (χ4n) is 2.95. The minimum absolute atomic E-state index is 0.131.